The van der Waals surface area contributed by atoms with Crippen molar-refractivity contribution >= 4 is 23.8 Å². The van der Waals surface area contributed by atoms with Gasteiger partial charge in [0.25, 0.3) is 0 Å². The highest BCUT2D eigenvalue weighted by atomic mass is 32.2. The second-order valence-corrected chi connectivity index (χ2v) is 5.38. The molecule has 126 valence electrons. The van der Waals surface area contributed by atoms with Crippen molar-refractivity contribution in [3.63, 3.8) is 0 Å². The van der Waals surface area contributed by atoms with Gasteiger partial charge in [0.15, 0.2) is 13.3 Å². The third kappa shape index (κ3) is 6.21. The number of para-hydroxylation sites is 1. The van der Waals surface area contributed by atoms with Crippen LogP contribution in [0.3, 0.4) is 0 Å². The van der Waals surface area contributed by atoms with E-state index < -0.39 is 12.1 Å². The highest BCUT2D eigenvalue weighted by Gasteiger charge is 2.07. The Balaban J connectivity index is 1.63. The van der Waals surface area contributed by atoms with Gasteiger partial charge in [-0.15, -0.1) is 11.8 Å². The fourth-order valence-corrected chi connectivity index (χ4v) is 2.07. The topological polar surface area (TPSA) is 73.9 Å². The van der Waals surface area contributed by atoms with Gasteiger partial charge >= 0.3 is 12.1 Å². The van der Waals surface area contributed by atoms with Gasteiger partial charge in [-0.25, -0.2) is 9.59 Å². The van der Waals surface area contributed by atoms with Gasteiger partial charge < -0.3 is 14.2 Å². The summed E-state index contributed by atoms with van der Waals surface area (Å²) < 4.78 is 15.1. The minimum absolute atomic E-state index is 0.239. The van der Waals surface area contributed by atoms with Crippen molar-refractivity contribution < 1.29 is 23.8 Å². The number of esters is 1. The third-order valence-corrected chi connectivity index (χ3v) is 3.56. The highest BCUT2D eigenvalue weighted by molar-refractivity contribution is 7.98. The van der Waals surface area contributed by atoms with E-state index in [2.05, 4.69) is 5.32 Å². The first-order valence-electron chi connectivity index (χ1n) is 7.10. The van der Waals surface area contributed by atoms with E-state index in [0.717, 1.165) is 4.90 Å². The largest absolute Gasteiger partial charge is 0.482 e. The van der Waals surface area contributed by atoms with Gasteiger partial charge in [-0.2, -0.15) is 0 Å². The Morgan fingerprint density at radius 2 is 1.71 bits per heavy atom. The van der Waals surface area contributed by atoms with Crippen LogP contribution < -0.4 is 14.8 Å². The lowest BCUT2D eigenvalue weighted by Crippen LogP contribution is -2.31. The lowest BCUT2D eigenvalue weighted by molar-refractivity contribution is -0.146. The zero-order chi connectivity index (χ0) is 17.2. The standard InChI is InChI=1S/C17H17NO5S/c1-24-15-9-7-14(8-10-15)23-17(20)18-12-22-16(19)11-21-13-5-3-2-4-6-13/h2-10H,11-12H2,1H3,(H,18,20). The highest BCUT2D eigenvalue weighted by Crippen LogP contribution is 2.18. The molecule has 2 aromatic carbocycles. The Labute approximate surface area is 144 Å². The van der Waals surface area contributed by atoms with E-state index in [9.17, 15) is 9.59 Å². The fraction of sp³-hybridized carbons (Fsp3) is 0.176. The van der Waals surface area contributed by atoms with Crippen molar-refractivity contribution in [2.24, 2.45) is 0 Å². The second-order valence-electron chi connectivity index (χ2n) is 4.50. The molecule has 2 rings (SSSR count). The molecule has 0 fully saturated rings. The van der Waals surface area contributed by atoms with Gasteiger partial charge in [-0.05, 0) is 42.7 Å². The Bertz CT molecular complexity index is 660. The summed E-state index contributed by atoms with van der Waals surface area (Å²) >= 11 is 1.59. The van der Waals surface area contributed by atoms with E-state index in [4.69, 9.17) is 14.2 Å². The van der Waals surface area contributed by atoms with Crippen molar-refractivity contribution in [3.05, 3.63) is 54.6 Å². The van der Waals surface area contributed by atoms with Crippen molar-refractivity contribution in [2.45, 2.75) is 4.90 Å². The van der Waals surface area contributed by atoms with Gasteiger partial charge in [-0.3, -0.25) is 5.32 Å². The second kappa shape index (κ2) is 9.46. The first-order chi connectivity index (χ1) is 11.7. The Morgan fingerprint density at radius 1 is 1.00 bits per heavy atom. The number of amides is 1. The maximum Gasteiger partial charge on any atom is 0.415 e. The summed E-state index contributed by atoms with van der Waals surface area (Å²) in [4.78, 5) is 24.1. The smallest absolute Gasteiger partial charge is 0.415 e. The van der Waals surface area contributed by atoms with E-state index in [-0.39, 0.29) is 13.3 Å². The van der Waals surface area contributed by atoms with Crippen LogP contribution in [0.25, 0.3) is 0 Å². The minimum Gasteiger partial charge on any atom is -0.482 e. The molecule has 0 spiro atoms. The molecule has 0 radical (unpaired) electrons. The van der Waals surface area contributed by atoms with Crippen LogP contribution in [0.5, 0.6) is 11.5 Å². The molecule has 0 unspecified atom stereocenters. The average molecular weight is 347 g/mol. The number of thioether (sulfide) groups is 1. The molecule has 0 aliphatic rings. The number of hydrogen-bond acceptors (Lipinski definition) is 6. The molecular formula is C17H17NO5S. The van der Waals surface area contributed by atoms with Crippen LogP contribution in [0, 0.1) is 0 Å². The molecule has 0 heterocycles. The van der Waals surface area contributed by atoms with Gasteiger partial charge in [0.1, 0.15) is 11.5 Å². The normalized spacial score (nSPS) is 9.88. The van der Waals surface area contributed by atoms with Crippen LogP contribution in [0.15, 0.2) is 59.5 Å². The van der Waals surface area contributed by atoms with Gasteiger partial charge in [0.2, 0.25) is 0 Å². The van der Waals surface area contributed by atoms with Gasteiger partial charge in [0, 0.05) is 4.90 Å². The summed E-state index contributed by atoms with van der Waals surface area (Å²) in [5, 5.41) is 2.32. The van der Waals surface area contributed by atoms with Crippen molar-refractivity contribution in [3.8, 4) is 11.5 Å². The summed E-state index contributed by atoms with van der Waals surface area (Å²) in [5.74, 6) is 0.378. The van der Waals surface area contributed by atoms with Crippen LogP contribution >= 0.6 is 11.8 Å². The van der Waals surface area contributed by atoms with Crippen LogP contribution in [0.4, 0.5) is 4.79 Å². The summed E-state index contributed by atoms with van der Waals surface area (Å²) in [6.07, 6.45) is 1.25. The molecule has 0 aliphatic carbocycles. The molecule has 0 saturated carbocycles. The third-order valence-electron chi connectivity index (χ3n) is 2.82. The molecule has 0 aromatic heterocycles. The number of ether oxygens (including phenoxy) is 3. The molecule has 0 aliphatic heterocycles. The van der Waals surface area contributed by atoms with Crippen molar-refractivity contribution in [1.29, 1.82) is 0 Å². The molecule has 0 bridgehead atoms. The van der Waals surface area contributed by atoms with Crippen molar-refractivity contribution in [1.82, 2.24) is 5.32 Å². The van der Waals surface area contributed by atoms with E-state index in [0.29, 0.717) is 11.5 Å². The predicted octanol–water partition coefficient (Wildman–Crippen LogP) is 3.08. The number of hydrogen-bond donors (Lipinski definition) is 1. The Hall–Kier alpha value is -2.67. The molecule has 0 saturated heterocycles. The summed E-state index contributed by atoms with van der Waals surface area (Å²) in [7, 11) is 0. The number of carbonyl (C=O) groups excluding carboxylic acids is 2. The zero-order valence-corrected chi connectivity index (χ0v) is 13.9. The van der Waals surface area contributed by atoms with E-state index in [1.165, 1.54) is 0 Å². The van der Waals surface area contributed by atoms with Gasteiger partial charge in [-0.1, -0.05) is 18.2 Å². The van der Waals surface area contributed by atoms with Crippen LogP contribution in [-0.4, -0.2) is 31.7 Å². The number of benzene rings is 2. The Kier molecular flexibility index (Phi) is 6.97. The zero-order valence-electron chi connectivity index (χ0n) is 13.1. The molecule has 0 atom stereocenters. The maximum atomic E-state index is 11.6. The quantitative estimate of drug-likeness (QED) is 0.471. The molecule has 1 amide bonds. The minimum atomic E-state index is -0.705. The lowest BCUT2D eigenvalue weighted by Gasteiger charge is -2.09. The van der Waals surface area contributed by atoms with Gasteiger partial charge in [0.05, 0.1) is 0 Å². The first-order valence-corrected chi connectivity index (χ1v) is 8.33. The lowest BCUT2D eigenvalue weighted by atomic mass is 10.3. The molecule has 2 aromatic rings. The van der Waals surface area contributed by atoms with E-state index in [1.807, 2.05) is 24.5 Å². The van der Waals surface area contributed by atoms with E-state index in [1.54, 1.807) is 48.2 Å². The maximum absolute atomic E-state index is 11.6. The number of nitrogens with one attached hydrogen (secondary N) is 1. The SMILES string of the molecule is CSc1ccc(OC(=O)NCOC(=O)COc2ccccc2)cc1. The number of rotatable bonds is 7. The molecular weight excluding hydrogens is 330 g/mol. The van der Waals surface area contributed by atoms with E-state index >= 15 is 0 Å². The van der Waals surface area contributed by atoms with Crippen LogP contribution in [0.1, 0.15) is 0 Å². The summed E-state index contributed by atoms with van der Waals surface area (Å²) in [6, 6.07) is 15.9. The molecule has 6 nitrogen and oxygen atoms in total. The number of carbonyl (C=O) groups is 2. The van der Waals surface area contributed by atoms with Crippen LogP contribution in [-0.2, 0) is 9.53 Å². The van der Waals surface area contributed by atoms with Crippen LogP contribution in [0.2, 0.25) is 0 Å². The first kappa shape index (κ1) is 17.7. The average Bonchev–Trinajstić information content (AvgIpc) is 2.61. The molecule has 7 heteroatoms. The molecule has 24 heavy (non-hydrogen) atoms. The Morgan fingerprint density at radius 3 is 2.38 bits per heavy atom. The summed E-state index contributed by atoms with van der Waals surface area (Å²) in [5.41, 5.74) is 0. The monoisotopic (exact) mass is 347 g/mol. The molecule has 1 N–H and O–H groups in total. The summed E-state index contributed by atoms with van der Waals surface area (Å²) in [6.45, 7) is -0.532. The predicted molar refractivity (Wildman–Crippen MR) is 90.3 cm³/mol. The fourth-order valence-electron chi connectivity index (χ4n) is 1.66. The van der Waals surface area contributed by atoms with Crippen molar-refractivity contribution in [2.75, 3.05) is 19.6 Å².